The maximum absolute atomic E-state index is 11.5. The molecule has 0 aliphatic carbocycles. The smallest absolute Gasteiger partial charge is 0.125 e. The molecule has 1 aromatic heterocycles. The first-order chi connectivity index (χ1) is 17.9. The molecular weight excluding hydrogens is 469 g/mol. The molecule has 0 atom stereocenters. The van der Waals surface area contributed by atoms with Crippen molar-refractivity contribution in [2.75, 3.05) is 0 Å². The average Bonchev–Trinajstić information content (AvgIpc) is 3.25. The summed E-state index contributed by atoms with van der Waals surface area (Å²) < 4.78 is 2.44. The van der Waals surface area contributed by atoms with Crippen molar-refractivity contribution in [3.63, 3.8) is 0 Å². The number of aromatic nitrogens is 1. The number of hydrogen-bond acceptors (Lipinski definition) is 1. The Morgan fingerprint density at radius 2 is 1.14 bits per heavy atom. The third kappa shape index (κ3) is 4.02. The second kappa shape index (κ2) is 9.21. The van der Waals surface area contributed by atoms with Crippen molar-refractivity contribution in [3.8, 4) is 17.0 Å². The van der Waals surface area contributed by atoms with Crippen LogP contribution in [0.25, 0.3) is 32.9 Å². The molecular formula is C34H30NOP. The van der Waals surface area contributed by atoms with Crippen LogP contribution in [0.4, 0.5) is 0 Å². The molecule has 182 valence electrons. The zero-order valence-corrected chi connectivity index (χ0v) is 22.3. The first-order valence-corrected chi connectivity index (χ1v) is 14.0. The first-order valence-electron chi connectivity index (χ1n) is 12.7. The fourth-order valence-corrected chi connectivity index (χ4v) is 8.06. The summed E-state index contributed by atoms with van der Waals surface area (Å²) >= 11 is 0. The molecule has 0 spiro atoms. The molecule has 37 heavy (non-hydrogen) atoms. The molecule has 1 heterocycles. The number of aromatic hydroxyl groups is 1. The van der Waals surface area contributed by atoms with Crippen LogP contribution in [0.3, 0.4) is 0 Å². The molecule has 0 bridgehead atoms. The molecule has 6 aromatic rings. The van der Waals surface area contributed by atoms with Crippen LogP contribution in [-0.4, -0.2) is 9.67 Å². The van der Waals surface area contributed by atoms with Gasteiger partial charge in [-0.05, 0) is 62.2 Å². The number of rotatable bonds is 4. The van der Waals surface area contributed by atoms with Crippen LogP contribution >= 0.6 is 7.92 Å². The Balaban J connectivity index is 1.85. The Labute approximate surface area is 219 Å². The first kappa shape index (κ1) is 23.5. The molecule has 0 aliphatic rings. The minimum atomic E-state index is -0.916. The highest BCUT2D eigenvalue weighted by atomic mass is 31.1. The van der Waals surface area contributed by atoms with Gasteiger partial charge in [-0.2, -0.15) is 0 Å². The standard InChI is InChI=1S/C34H30NOP/c1-34(2,3)35-29-21-13-12-20-28(29)33(32(35)31-27-19-11-10-14-24(27)22-23-30(31)36)37(25-15-6-4-7-16-25)26-17-8-5-9-18-26/h4-23,36H,1-3H3. The number of phenols is 1. The molecule has 0 saturated carbocycles. The minimum Gasteiger partial charge on any atom is -0.507 e. The van der Waals surface area contributed by atoms with Gasteiger partial charge >= 0.3 is 0 Å². The van der Waals surface area contributed by atoms with Gasteiger partial charge in [-0.15, -0.1) is 0 Å². The third-order valence-corrected chi connectivity index (χ3v) is 9.44. The molecule has 0 fully saturated rings. The summed E-state index contributed by atoms with van der Waals surface area (Å²) in [6.07, 6.45) is 0. The Morgan fingerprint density at radius 1 is 0.595 bits per heavy atom. The Hall–Kier alpha value is -3.87. The van der Waals surface area contributed by atoms with Crippen LogP contribution in [0.5, 0.6) is 5.75 Å². The number of para-hydroxylation sites is 1. The lowest BCUT2D eigenvalue weighted by molar-refractivity contribution is 0.414. The van der Waals surface area contributed by atoms with Crippen LogP contribution in [0, 0.1) is 0 Å². The summed E-state index contributed by atoms with van der Waals surface area (Å²) in [6, 6.07) is 42.6. The Morgan fingerprint density at radius 3 is 1.76 bits per heavy atom. The number of hydrogen-bond donors (Lipinski definition) is 1. The zero-order chi connectivity index (χ0) is 25.6. The second-order valence-electron chi connectivity index (χ2n) is 10.4. The molecule has 0 radical (unpaired) electrons. The maximum Gasteiger partial charge on any atom is 0.125 e. The Bertz CT molecular complexity index is 1670. The summed E-state index contributed by atoms with van der Waals surface area (Å²) in [7, 11) is -0.916. The lowest BCUT2D eigenvalue weighted by Gasteiger charge is -2.28. The van der Waals surface area contributed by atoms with E-state index < -0.39 is 7.92 Å². The molecule has 3 heteroatoms. The van der Waals surface area contributed by atoms with E-state index >= 15 is 0 Å². The number of phenolic OH excluding ortho intramolecular Hbond substituents is 1. The summed E-state index contributed by atoms with van der Waals surface area (Å²) in [5.41, 5.74) is 2.97. The van der Waals surface area contributed by atoms with Crippen molar-refractivity contribution in [1.82, 2.24) is 4.57 Å². The molecule has 0 unspecified atom stereocenters. The van der Waals surface area contributed by atoms with E-state index in [4.69, 9.17) is 0 Å². The van der Waals surface area contributed by atoms with Gasteiger partial charge in [0.2, 0.25) is 0 Å². The lowest BCUT2D eigenvalue weighted by Crippen LogP contribution is -2.26. The molecule has 6 rings (SSSR count). The van der Waals surface area contributed by atoms with Gasteiger partial charge in [0.25, 0.3) is 0 Å². The van der Waals surface area contributed by atoms with Gasteiger partial charge in [-0.25, -0.2) is 0 Å². The van der Waals surface area contributed by atoms with Crippen molar-refractivity contribution in [3.05, 3.63) is 121 Å². The highest BCUT2D eigenvalue weighted by molar-refractivity contribution is 7.80. The summed E-state index contributed by atoms with van der Waals surface area (Å²) in [5.74, 6) is 0.310. The number of benzene rings is 5. The predicted molar refractivity (Wildman–Crippen MR) is 160 cm³/mol. The van der Waals surface area contributed by atoms with Crippen LogP contribution in [-0.2, 0) is 5.54 Å². The van der Waals surface area contributed by atoms with E-state index in [2.05, 4.69) is 135 Å². The third-order valence-electron chi connectivity index (χ3n) is 6.92. The molecule has 5 aromatic carbocycles. The average molecular weight is 500 g/mol. The molecule has 0 aliphatic heterocycles. The lowest BCUT2D eigenvalue weighted by atomic mass is 9.99. The molecule has 2 nitrogen and oxygen atoms in total. The van der Waals surface area contributed by atoms with Gasteiger partial charge in [-0.3, -0.25) is 0 Å². The van der Waals surface area contributed by atoms with E-state index in [0.717, 1.165) is 22.0 Å². The van der Waals surface area contributed by atoms with E-state index in [0.29, 0.717) is 5.75 Å². The largest absolute Gasteiger partial charge is 0.507 e. The maximum atomic E-state index is 11.5. The number of nitrogens with zero attached hydrogens (tertiary/aromatic N) is 1. The Kier molecular flexibility index (Phi) is 5.86. The molecule has 1 N–H and O–H groups in total. The van der Waals surface area contributed by atoms with E-state index in [1.165, 1.54) is 26.8 Å². The highest BCUT2D eigenvalue weighted by Gasteiger charge is 2.32. The van der Waals surface area contributed by atoms with Gasteiger partial charge in [-0.1, -0.05) is 109 Å². The van der Waals surface area contributed by atoms with E-state index in [1.54, 1.807) is 0 Å². The summed E-state index contributed by atoms with van der Waals surface area (Å²) in [6.45, 7) is 6.76. The second-order valence-corrected chi connectivity index (χ2v) is 12.6. The van der Waals surface area contributed by atoms with Gasteiger partial charge in [0.1, 0.15) is 5.75 Å². The van der Waals surface area contributed by atoms with Crippen molar-refractivity contribution in [1.29, 1.82) is 0 Å². The summed E-state index contributed by atoms with van der Waals surface area (Å²) in [4.78, 5) is 0. The normalized spacial score (nSPS) is 12.0. The van der Waals surface area contributed by atoms with Gasteiger partial charge in [0.15, 0.2) is 0 Å². The highest BCUT2D eigenvalue weighted by Crippen LogP contribution is 2.47. The van der Waals surface area contributed by atoms with E-state index in [-0.39, 0.29) is 5.54 Å². The van der Waals surface area contributed by atoms with Gasteiger partial charge in [0, 0.05) is 27.3 Å². The predicted octanol–water partition coefficient (Wildman–Crippen LogP) is 7.68. The topological polar surface area (TPSA) is 25.2 Å². The van der Waals surface area contributed by atoms with Crippen molar-refractivity contribution >= 4 is 45.5 Å². The number of fused-ring (bicyclic) bond motifs is 2. The van der Waals surface area contributed by atoms with Gasteiger partial charge < -0.3 is 9.67 Å². The van der Waals surface area contributed by atoms with Crippen molar-refractivity contribution in [2.24, 2.45) is 0 Å². The minimum absolute atomic E-state index is 0.217. The SMILES string of the molecule is CC(C)(C)n1c(-c2c(O)ccc3ccccc23)c(P(c2ccccc2)c2ccccc2)c2ccccc21. The fourth-order valence-electron chi connectivity index (χ4n) is 5.45. The molecule has 0 saturated heterocycles. The van der Waals surface area contributed by atoms with Gasteiger partial charge in [0.05, 0.1) is 5.69 Å². The van der Waals surface area contributed by atoms with Crippen molar-refractivity contribution in [2.45, 2.75) is 26.3 Å². The van der Waals surface area contributed by atoms with E-state index in [1.807, 2.05) is 12.1 Å². The van der Waals surface area contributed by atoms with Crippen LogP contribution in [0.2, 0.25) is 0 Å². The monoisotopic (exact) mass is 499 g/mol. The fraction of sp³-hybridized carbons (Fsp3) is 0.118. The van der Waals surface area contributed by atoms with Crippen molar-refractivity contribution < 1.29 is 5.11 Å². The summed E-state index contributed by atoms with van der Waals surface area (Å²) in [5, 5.41) is 18.8. The van der Waals surface area contributed by atoms with Crippen LogP contribution in [0.15, 0.2) is 121 Å². The quantitative estimate of drug-likeness (QED) is 0.247. The van der Waals surface area contributed by atoms with E-state index in [9.17, 15) is 5.11 Å². The van der Waals surface area contributed by atoms with Crippen LogP contribution in [0.1, 0.15) is 20.8 Å². The zero-order valence-electron chi connectivity index (χ0n) is 21.4. The van der Waals surface area contributed by atoms with Crippen LogP contribution < -0.4 is 15.9 Å². The molecule has 0 amide bonds.